The van der Waals surface area contributed by atoms with E-state index >= 15 is 0 Å². The van der Waals surface area contributed by atoms with Crippen LogP contribution in [0, 0.1) is 5.92 Å². The molecule has 86 valence electrons. The zero-order chi connectivity index (χ0) is 11.3. The molecule has 0 aromatic carbocycles. The zero-order valence-corrected chi connectivity index (χ0v) is 11.5. The molecule has 0 saturated carbocycles. The first-order valence-corrected chi connectivity index (χ1v) is 6.42. The molecule has 2 unspecified atom stereocenters. The Labute approximate surface area is 101 Å². The molecule has 2 atom stereocenters. The van der Waals surface area contributed by atoms with E-state index in [0.717, 1.165) is 30.0 Å². The van der Waals surface area contributed by atoms with Crippen molar-refractivity contribution in [2.75, 3.05) is 19.8 Å². The van der Waals surface area contributed by atoms with Gasteiger partial charge in [-0.25, -0.2) is 4.39 Å². The lowest BCUT2D eigenvalue weighted by Gasteiger charge is -2.24. The van der Waals surface area contributed by atoms with Gasteiger partial charge in [0.15, 0.2) is 0 Å². The molecule has 0 N–H and O–H groups in total. The zero-order valence-electron chi connectivity index (χ0n) is 8.75. The maximum absolute atomic E-state index is 12.9. The van der Waals surface area contributed by atoms with Gasteiger partial charge in [-0.2, -0.15) is 0 Å². The summed E-state index contributed by atoms with van der Waals surface area (Å²) in [5.41, 5.74) is 0.798. The second kappa shape index (κ2) is 6.72. The molecule has 2 nitrogen and oxygen atoms in total. The quantitative estimate of drug-likeness (QED) is 0.564. The normalized spacial score (nSPS) is 21.3. The van der Waals surface area contributed by atoms with Crippen LogP contribution in [0.4, 0.5) is 4.39 Å². The highest BCUT2D eigenvalue weighted by atomic mass is 79.9. The number of nitrogens with zero attached hydrogens (tertiary/aromatic N) is 1. The molecule has 0 amide bonds. The number of halogens is 2. The predicted octanol–water partition coefficient (Wildman–Crippen LogP) is 2.93. The molecular formula is C10H16BrFNOP. The number of hydrogen-bond acceptors (Lipinski definition) is 2. The molecule has 5 heteroatoms. The van der Waals surface area contributed by atoms with Gasteiger partial charge >= 0.3 is 0 Å². The van der Waals surface area contributed by atoms with Crippen molar-refractivity contribution in [3.8, 4) is 0 Å². The van der Waals surface area contributed by atoms with Crippen LogP contribution in [0.15, 0.2) is 15.6 Å². The van der Waals surface area contributed by atoms with Gasteiger partial charge in [-0.15, -0.1) is 9.24 Å². The van der Waals surface area contributed by atoms with Crippen molar-refractivity contribution < 1.29 is 9.13 Å². The Morgan fingerprint density at radius 2 is 2.40 bits per heavy atom. The summed E-state index contributed by atoms with van der Waals surface area (Å²) in [4.78, 5) is 4.42. The molecular weight excluding hydrogens is 280 g/mol. The highest BCUT2D eigenvalue weighted by Gasteiger charge is 2.18. The molecule has 15 heavy (non-hydrogen) atoms. The summed E-state index contributed by atoms with van der Waals surface area (Å²) in [7, 11) is 2.15. The Bertz CT molecular complexity index is 264. The topological polar surface area (TPSA) is 21.6 Å². The monoisotopic (exact) mass is 295 g/mol. The first-order valence-electron chi connectivity index (χ1n) is 4.96. The van der Waals surface area contributed by atoms with Gasteiger partial charge in [0, 0.05) is 23.4 Å². The van der Waals surface area contributed by atoms with Gasteiger partial charge in [0.1, 0.15) is 5.91 Å². The van der Waals surface area contributed by atoms with Crippen molar-refractivity contribution in [2.45, 2.75) is 19.3 Å². The fourth-order valence-corrected chi connectivity index (χ4v) is 1.73. The van der Waals surface area contributed by atoms with Crippen LogP contribution in [0.5, 0.6) is 0 Å². The summed E-state index contributed by atoms with van der Waals surface area (Å²) in [6.45, 7) is 4.20. The summed E-state index contributed by atoms with van der Waals surface area (Å²) in [6.07, 6.45) is 2.23. The Morgan fingerprint density at radius 1 is 1.73 bits per heavy atom. The van der Waals surface area contributed by atoms with E-state index in [4.69, 9.17) is 4.74 Å². The third-order valence-electron chi connectivity index (χ3n) is 2.16. The van der Waals surface area contributed by atoms with E-state index in [0.29, 0.717) is 12.3 Å². The van der Waals surface area contributed by atoms with Crippen molar-refractivity contribution in [1.29, 1.82) is 0 Å². The Hall–Kier alpha value is 0.210. The van der Waals surface area contributed by atoms with E-state index in [1.807, 2.05) is 13.0 Å². The smallest absolute Gasteiger partial charge is 0.119 e. The average Bonchev–Trinajstić information content (AvgIpc) is 2.12. The van der Waals surface area contributed by atoms with Crippen molar-refractivity contribution >= 4 is 30.9 Å². The summed E-state index contributed by atoms with van der Waals surface area (Å²) in [5, 5.41) is 0. The van der Waals surface area contributed by atoms with Gasteiger partial charge in [-0.3, -0.25) is 4.99 Å². The van der Waals surface area contributed by atoms with Crippen molar-refractivity contribution in [3.63, 3.8) is 0 Å². The number of allylic oxidation sites excluding steroid dienone is 2. The first-order chi connectivity index (χ1) is 7.13. The Balaban J connectivity index is 2.53. The minimum Gasteiger partial charge on any atom is -0.381 e. The lowest BCUT2D eigenvalue weighted by molar-refractivity contribution is -0.0265. The standard InChI is InChI=1S/C10H16BrFNOP/c1-2-8(11)9(3-10(12)15)13-4-7-5-14-6-7/h2,7,10H,3-6,15H2,1H3/b8-2+,13-9?. The number of ether oxygens (including phenoxy) is 1. The predicted molar refractivity (Wildman–Crippen MR) is 68.5 cm³/mol. The maximum Gasteiger partial charge on any atom is 0.119 e. The van der Waals surface area contributed by atoms with Crippen LogP contribution in [0.1, 0.15) is 13.3 Å². The number of hydrogen-bond donors (Lipinski definition) is 0. The van der Waals surface area contributed by atoms with E-state index in [2.05, 4.69) is 30.2 Å². The minimum absolute atomic E-state index is 0.336. The van der Waals surface area contributed by atoms with Gasteiger partial charge in [-0.1, -0.05) is 6.08 Å². The largest absolute Gasteiger partial charge is 0.381 e. The molecule has 0 aromatic heterocycles. The third kappa shape index (κ3) is 4.71. The molecule has 0 bridgehead atoms. The highest BCUT2D eigenvalue weighted by molar-refractivity contribution is 9.12. The van der Waals surface area contributed by atoms with E-state index in [1.165, 1.54) is 0 Å². The van der Waals surface area contributed by atoms with Crippen LogP contribution < -0.4 is 0 Å². The van der Waals surface area contributed by atoms with Crippen molar-refractivity contribution in [2.24, 2.45) is 10.9 Å². The Kier molecular flexibility index (Phi) is 5.95. The van der Waals surface area contributed by atoms with Crippen LogP contribution in [-0.2, 0) is 4.74 Å². The summed E-state index contributed by atoms with van der Waals surface area (Å²) in [5.74, 6) is -0.423. The molecule has 0 radical (unpaired) electrons. The third-order valence-corrected chi connectivity index (χ3v) is 3.32. The van der Waals surface area contributed by atoms with Gasteiger partial charge in [0.2, 0.25) is 0 Å². The van der Waals surface area contributed by atoms with Crippen LogP contribution >= 0.6 is 25.2 Å². The fourth-order valence-electron chi connectivity index (χ4n) is 1.22. The molecule has 1 saturated heterocycles. The number of rotatable bonds is 5. The van der Waals surface area contributed by atoms with Crippen LogP contribution in [-0.4, -0.2) is 31.4 Å². The van der Waals surface area contributed by atoms with E-state index < -0.39 is 5.91 Å². The van der Waals surface area contributed by atoms with E-state index in [9.17, 15) is 4.39 Å². The van der Waals surface area contributed by atoms with Gasteiger partial charge in [0.25, 0.3) is 0 Å². The average molecular weight is 296 g/mol. The first kappa shape index (κ1) is 13.3. The summed E-state index contributed by atoms with van der Waals surface area (Å²) in [6, 6.07) is 0. The summed E-state index contributed by atoms with van der Waals surface area (Å²) < 4.78 is 18.8. The molecule has 1 aliphatic heterocycles. The van der Waals surface area contributed by atoms with Crippen molar-refractivity contribution in [1.82, 2.24) is 0 Å². The number of aliphatic imine (C=N–C) groups is 1. The van der Waals surface area contributed by atoms with Gasteiger partial charge < -0.3 is 4.74 Å². The molecule has 1 fully saturated rings. The highest BCUT2D eigenvalue weighted by Crippen LogP contribution is 2.18. The summed E-state index contributed by atoms with van der Waals surface area (Å²) >= 11 is 3.38. The van der Waals surface area contributed by atoms with Crippen LogP contribution in [0.3, 0.4) is 0 Å². The number of alkyl halides is 1. The molecule has 0 spiro atoms. The second-order valence-corrected chi connectivity index (χ2v) is 5.13. The van der Waals surface area contributed by atoms with Gasteiger partial charge in [-0.05, 0) is 22.9 Å². The maximum atomic E-state index is 12.9. The van der Waals surface area contributed by atoms with Gasteiger partial charge in [0.05, 0.1) is 18.9 Å². The SMILES string of the molecule is C/C=C(/Br)C(CC(F)P)=NCC1COC1. The molecule has 1 rings (SSSR count). The molecule has 1 heterocycles. The molecule has 1 aliphatic rings. The van der Waals surface area contributed by atoms with Crippen molar-refractivity contribution in [3.05, 3.63) is 10.6 Å². The Morgan fingerprint density at radius 3 is 2.80 bits per heavy atom. The van der Waals surface area contributed by atoms with Crippen LogP contribution in [0.2, 0.25) is 0 Å². The second-order valence-electron chi connectivity index (χ2n) is 3.55. The lowest BCUT2D eigenvalue weighted by Crippen LogP contribution is -2.30. The molecule has 0 aliphatic carbocycles. The lowest BCUT2D eigenvalue weighted by atomic mass is 10.1. The van der Waals surface area contributed by atoms with E-state index in [-0.39, 0.29) is 0 Å². The fraction of sp³-hybridized carbons (Fsp3) is 0.700. The minimum atomic E-state index is -0.936. The van der Waals surface area contributed by atoms with Crippen LogP contribution in [0.25, 0.3) is 0 Å². The molecule has 0 aromatic rings. The van der Waals surface area contributed by atoms with E-state index in [1.54, 1.807) is 0 Å².